The first-order valence-electron chi connectivity index (χ1n) is 8.23. The van der Waals surface area contributed by atoms with Crippen molar-refractivity contribution < 1.29 is 0 Å². The van der Waals surface area contributed by atoms with Crippen molar-refractivity contribution in [3.05, 3.63) is 77.6 Å². The molecule has 130 valence electrons. The lowest BCUT2D eigenvalue weighted by Gasteiger charge is -2.02. The van der Waals surface area contributed by atoms with Crippen molar-refractivity contribution >= 4 is 6.21 Å². The Balaban J connectivity index is 1.53. The minimum absolute atomic E-state index is 0.545. The maximum Gasteiger partial charge on any atom is 0.273 e. The van der Waals surface area contributed by atoms with Gasteiger partial charge in [-0.05, 0) is 25.5 Å². The Kier molecular flexibility index (Phi) is 4.14. The zero-order valence-corrected chi connectivity index (χ0v) is 14.6. The third-order valence-electron chi connectivity index (χ3n) is 3.88. The number of hydrogen-bond acceptors (Lipinski definition) is 5. The standard InChI is InChI=1S/C18H18N8/c1-14-8-15(2)26(23-14)18-22-19-13-25(18)21-10-17-9-20-24(12-17)11-16-6-4-3-5-7-16/h3-10,12-13H,11H2,1-2H3/b21-10-. The first kappa shape index (κ1) is 15.9. The molecule has 0 unspecified atom stereocenters. The Morgan fingerprint density at radius 3 is 2.77 bits per heavy atom. The lowest BCUT2D eigenvalue weighted by Crippen LogP contribution is -2.06. The fourth-order valence-corrected chi connectivity index (χ4v) is 2.71. The molecule has 0 aliphatic heterocycles. The summed E-state index contributed by atoms with van der Waals surface area (Å²) >= 11 is 0. The summed E-state index contributed by atoms with van der Waals surface area (Å²) in [6, 6.07) is 12.2. The quantitative estimate of drug-likeness (QED) is 0.519. The Hall–Kier alpha value is -3.55. The third kappa shape index (κ3) is 3.30. The van der Waals surface area contributed by atoms with Crippen LogP contribution in [0.2, 0.25) is 0 Å². The smallest absolute Gasteiger partial charge is 0.268 e. The highest BCUT2D eigenvalue weighted by Gasteiger charge is 2.10. The number of nitrogens with zero attached hydrogens (tertiary/aromatic N) is 8. The summed E-state index contributed by atoms with van der Waals surface area (Å²) in [5.41, 5.74) is 3.99. The van der Waals surface area contributed by atoms with Gasteiger partial charge in [-0.1, -0.05) is 30.3 Å². The average Bonchev–Trinajstić information content (AvgIpc) is 3.34. The SMILES string of the molecule is Cc1cc(C)n(-c2nncn2/N=C\c2cnn(Cc3ccccc3)c2)n1. The van der Waals surface area contributed by atoms with E-state index in [1.165, 1.54) is 5.56 Å². The molecule has 0 saturated heterocycles. The maximum absolute atomic E-state index is 4.44. The van der Waals surface area contributed by atoms with Crippen LogP contribution in [0, 0.1) is 13.8 Å². The van der Waals surface area contributed by atoms with Crippen LogP contribution in [0.4, 0.5) is 0 Å². The first-order chi connectivity index (χ1) is 12.7. The zero-order valence-electron chi connectivity index (χ0n) is 14.6. The Morgan fingerprint density at radius 2 is 2.00 bits per heavy atom. The summed E-state index contributed by atoms with van der Waals surface area (Å²) in [7, 11) is 0. The van der Waals surface area contributed by atoms with Crippen LogP contribution >= 0.6 is 0 Å². The molecule has 0 atom stereocenters. The Labute approximate surface area is 150 Å². The molecule has 1 aromatic carbocycles. The molecule has 3 aromatic heterocycles. The van der Waals surface area contributed by atoms with Gasteiger partial charge in [-0.3, -0.25) is 4.68 Å². The molecule has 0 saturated carbocycles. The summed E-state index contributed by atoms with van der Waals surface area (Å²) in [5, 5.41) is 21.3. The molecule has 4 rings (SSSR count). The molecular weight excluding hydrogens is 328 g/mol. The molecule has 0 radical (unpaired) electrons. The van der Waals surface area contributed by atoms with Crippen LogP contribution in [0.1, 0.15) is 22.5 Å². The van der Waals surface area contributed by atoms with Crippen LogP contribution in [0.3, 0.4) is 0 Å². The van der Waals surface area contributed by atoms with E-state index in [1.807, 2.05) is 49.0 Å². The van der Waals surface area contributed by atoms with Crippen molar-refractivity contribution in [3.63, 3.8) is 0 Å². The van der Waals surface area contributed by atoms with Crippen LogP contribution < -0.4 is 0 Å². The van der Waals surface area contributed by atoms with E-state index >= 15 is 0 Å². The van der Waals surface area contributed by atoms with Gasteiger partial charge >= 0.3 is 0 Å². The normalized spacial score (nSPS) is 11.5. The molecule has 0 aliphatic rings. The second kappa shape index (κ2) is 6.75. The fourth-order valence-electron chi connectivity index (χ4n) is 2.71. The van der Waals surface area contributed by atoms with Gasteiger partial charge in [0.1, 0.15) is 6.33 Å². The molecule has 3 heterocycles. The van der Waals surface area contributed by atoms with E-state index in [2.05, 4.69) is 37.6 Å². The van der Waals surface area contributed by atoms with Crippen LogP contribution in [-0.4, -0.2) is 40.6 Å². The molecule has 26 heavy (non-hydrogen) atoms. The topological polar surface area (TPSA) is 78.7 Å². The molecule has 0 spiro atoms. The molecule has 0 bridgehead atoms. The lowest BCUT2D eigenvalue weighted by molar-refractivity contribution is 0.687. The van der Waals surface area contributed by atoms with Crippen molar-refractivity contribution in [3.8, 4) is 5.95 Å². The summed E-state index contributed by atoms with van der Waals surface area (Å²) in [5.74, 6) is 0.545. The van der Waals surface area contributed by atoms with E-state index < -0.39 is 0 Å². The van der Waals surface area contributed by atoms with Gasteiger partial charge < -0.3 is 0 Å². The first-order valence-corrected chi connectivity index (χ1v) is 8.23. The summed E-state index contributed by atoms with van der Waals surface area (Å²) in [6.45, 7) is 4.63. The van der Waals surface area contributed by atoms with Gasteiger partial charge in [0.05, 0.1) is 24.7 Å². The molecule has 0 amide bonds. The van der Waals surface area contributed by atoms with Gasteiger partial charge in [0.15, 0.2) is 0 Å². The number of rotatable bonds is 5. The zero-order chi connectivity index (χ0) is 17.9. The monoisotopic (exact) mass is 346 g/mol. The van der Waals surface area contributed by atoms with Crippen molar-refractivity contribution in [2.24, 2.45) is 5.10 Å². The van der Waals surface area contributed by atoms with E-state index in [0.717, 1.165) is 23.5 Å². The predicted octanol–water partition coefficient (Wildman–Crippen LogP) is 2.21. The van der Waals surface area contributed by atoms with Crippen molar-refractivity contribution in [2.75, 3.05) is 0 Å². The number of aryl methyl sites for hydroxylation is 2. The second-order valence-corrected chi connectivity index (χ2v) is 6.02. The van der Waals surface area contributed by atoms with E-state index in [0.29, 0.717) is 5.95 Å². The lowest BCUT2D eigenvalue weighted by atomic mass is 10.2. The number of hydrogen-bond donors (Lipinski definition) is 0. The number of benzene rings is 1. The molecular formula is C18H18N8. The summed E-state index contributed by atoms with van der Waals surface area (Å²) in [4.78, 5) is 0. The van der Waals surface area contributed by atoms with Crippen LogP contribution in [-0.2, 0) is 6.54 Å². The van der Waals surface area contributed by atoms with Crippen LogP contribution in [0.15, 0.2) is 60.2 Å². The Bertz CT molecular complexity index is 1040. The minimum Gasteiger partial charge on any atom is -0.268 e. The van der Waals surface area contributed by atoms with Crippen LogP contribution in [0.25, 0.3) is 5.95 Å². The highest BCUT2D eigenvalue weighted by molar-refractivity contribution is 5.78. The maximum atomic E-state index is 4.44. The van der Waals surface area contributed by atoms with Gasteiger partial charge in [0, 0.05) is 17.5 Å². The van der Waals surface area contributed by atoms with E-state index in [9.17, 15) is 0 Å². The summed E-state index contributed by atoms with van der Waals surface area (Å²) < 4.78 is 5.19. The van der Waals surface area contributed by atoms with Gasteiger partial charge in [0.2, 0.25) is 0 Å². The van der Waals surface area contributed by atoms with Gasteiger partial charge in [-0.2, -0.15) is 20.0 Å². The molecule has 8 heteroatoms. The largest absolute Gasteiger partial charge is 0.273 e. The predicted molar refractivity (Wildman–Crippen MR) is 97.4 cm³/mol. The second-order valence-electron chi connectivity index (χ2n) is 6.02. The van der Waals surface area contributed by atoms with E-state index in [-0.39, 0.29) is 0 Å². The van der Waals surface area contributed by atoms with Gasteiger partial charge in [0.25, 0.3) is 5.95 Å². The van der Waals surface area contributed by atoms with Crippen molar-refractivity contribution in [1.29, 1.82) is 0 Å². The Morgan fingerprint density at radius 1 is 1.15 bits per heavy atom. The molecule has 0 fully saturated rings. The number of aromatic nitrogens is 7. The van der Waals surface area contributed by atoms with Gasteiger partial charge in [-0.15, -0.1) is 10.2 Å². The highest BCUT2D eigenvalue weighted by Crippen LogP contribution is 2.09. The third-order valence-corrected chi connectivity index (χ3v) is 3.88. The fraction of sp³-hybridized carbons (Fsp3) is 0.167. The van der Waals surface area contributed by atoms with E-state index in [4.69, 9.17) is 0 Å². The van der Waals surface area contributed by atoms with Crippen LogP contribution in [0.5, 0.6) is 0 Å². The van der Waals surface area contributed by atoms with E-state index in [1.54, 1.807) is 28.1 Å². The average molecular weight is 346 g/mol. The van der Waals surface area contributed by atoms with Crippen molar-refractivity contribution in [1.82, 2.24) is 34.4 Å². The molecule has 8 nitrogen and oxygen atoms in total. The summed E-state index contributed by atoms with van der Waals surface area (Å²) in [6.07, 6.45) is 7.01. The molecule has 0 N–H and O–H groups in total. The van der Waals surface area contributed by atoms with Crippen molar-refractivity contribution in [2.45, 2.75) is 20.4 Å². The minimum atomic E-state index is 0.545. The van der Waals surface area contributed by atoms with Gasteiger partial charge in [-0.25, -0.2) is 4.68 Å². The molecule has 0 aliphatic carbocycles. The highest BCUT2D eigenvalue weighted by atomic mass is 15.5. The molecule has 4 aromatic rings.